The van der Waals surface area contributed by atoms with Gasteiger partial charge in [-0.2, -0.15) is 19.9 Å². The molecule has 127 heavy (non-hydrogen) atoms. The number of aromatic amines is 3. The first-order chi connectivity index (χ1) is 60.5. The van der Waals surface area contributed by atoms with Gasteiger partial charge in [-0.15, -0.1) is 0 Å². The van der Waals surface area contributed by atoms with E-state index in [1.165, 1.54) is 45.3 Å². The Balaban J connectivity index is 0.870. The predicted octanol–water partition coefficient (Wildman–Crippen LogP) is -14.0. The SMILES string of the molecule is Cc1cn(CC(=O)N(CCNC(=O)CN(CCNC(=O)CN(CCN)C(=O)Cn2ccc(N)nc2=O)C(=O)Cn2cnc3c(=O)[nH]c(N)nc32)CC(=O)NCCN(CC(=O)NCCN(CC(=O)NCCN(CC(=O)N[C@@H](CCCCN)C(N)=O)C(=O)Cn2cnc3c(=O)[nH]c(N)nc32)C(=O)Cn2ccc(N)nc2=O)C(=O)Cn2cnc3c(N)ncnc32)c(=O)[nH]c1=O. The summed E-state index contributed by atoms with van der Waals surface area (Å²) in [6, 6.07) is 1.36. The van der Waals surface area contributed by atoms with E-state index < -0.39 is 254 Å². The molecular weight excluding hydrogens is 1680 g/mol. The summed E-state index contributed by atoms with van der Waals surface area (Å²) in [5.41, 5.74) is 40.5. The Labute approximate surface area is 713 Å². The Kier molecular flexibility index (Phi) is 33.1. The maximum absolute atomic E-state index is 14.4. The van der Waals surface area contributed by atoms with Crippen LogP contribution in [0.5, 0.6) is 0 Å². The second-order valence-electron chi connectivity index (χ2n) is 28.3. The summed E-state index contributed by atoms with van der Waals surface area (Å²) < 4.78 is 6.32. The summed E-state index contributed by atoms with van der Waals surface area (Å²) in [7, 11) is 0. The van der Waals surface area contributed by atoms with Crippen molar-refractivity contribution in [2.45, 2.75) is 71.5 Å². The average Bonchev–Trinajstić information content (AvgIpc) is 1.67. The second-order valence-corrected chi connectivity index (χ2v) is 28.3. The molecular formula is C70H94N38O19. The van der Waals surface area contributed by atoms with Crippen LogP contribution in [0.2, 0.25) is 0 Å². The zero-order valence-electron chi connectivity index (χ0n) is 68.3. The zero-order chi connectivity index (χ0) is 92.3. The third-order valence-electron chi connectivity index (χ3n) is 18.9. The largest absolute Gasteiger partial charge is 0.383 e. The molecule has 9 aromatic heterocycles. The molecule has 0 saturated heterocycles. The monoisotopic (exact) mass is 1770 g/mol. The van der Waals surface area contributed by atoms with Crippen LogP contribution in [0.4, 0.5) is 29.4 Å². The minimum atomic E-state index is -1.16. The fourth-order valence-corrected chi connectivity index (χ4v) is 12.4. The van der Waals surface area contributed by atoms with Gasteiger partial charge in [-0.25, -0.2) is 39.3 Å². The Bertz CT molecular complexity index is 5980. The lowest BCUT2D eigenvalue weighted by molar-refractivity contribution is -0.138. The summed E-state index contributed by atoms with van der Waals surface area (Å²) in [4.78, 5) is 304. The number of aromatic nitrogens is 18. The maximum Gasteiger partial charge on any atom is 0.349 e. The van der Waals surface area contributed by atoms with E-state index in [0.717, 1.165) is 74.5 Å². The Hall–Kier alpha value is -16.3. The first kappa shape index (κ1) is 94.6. The summed E-state index contributed by atoms with van der Waals surface area (Å²) in [5.74, 6) is -11.9. The molecule has 0 aromatic carbocycles. The van der Waals surface area contributed by atoms with Crippen molar-refractivity contribution >= 4 is 140 Å². The Morgan fingerprint density at radius 2 is 0.756 bits per heavy atom. The highest BCUT2D eigenvalue weighted by Crippen LogP contribution is 2.16. The number of carbonyl (C=O) groups is 13. The van der Waals surface area contributed by atoms with E-state index in [4.69, 9.17) is 45.9 Å². The summed E-state index contributed by atoms with van der Waals surface area (Å²) in [5, 5.41) is 15.3. The Morgan fingerprint density at radius 3 is 1.13 bits per heavy atom. The first-order valence-electron chi connectivity index (χ1n) is 38.8. The highest BCUT2D eigenvalue weighted by Gasteiger charge is 2.29. The van der Waals surface area contributed by atoms with E-state index in [-0.39, 0.29) is 101 Å². The molecule has 0 fully saturated rings. The highest BCUT2D eigenvalue weighted by molar-refractivity contribution is 5.92. The molecule has 0 spiro atoms. The normalized spacial score (nSPS) is 11.3. The van der Waals surface area contributed by atoms with Gasteiger partial charge in [0.25, 0.3) is 16.7 Å². The van der Waals surface area contributed by atoms with Crippen LogP contribution in [0.15, 0.2) is 84.8 Å². The zero-order valence-corrected chi connectivity index (χ0v) is 68.3. The van der Waals surface area contributed by atoms with Crippen molar-refractivity contribution in [3.05, 3.63) is 124 Å². The number of nitrogens with zero attached hydrogens (tertiary/aromatic N) is 21. The fourth-order valence-electron chi connectivity index (χ4n) is 12.4. The number of unbranched alkanes of at least 4 members (excludes halogenated alkanes) is 1. The molecule has 25 N–H and O–H groups in total. The summed E-state index contributed by atoms with van der Waals surface area (Å²) in [6.07, 6.45) is 9.10. The molecule has 13 amide bonds. The average molecular weight is 1770 g/mol. The molecule has 678 valence electrons. The molecule has 0 aliphatic carbocycles. The minimum Gasteiger partial charge on any atom is -0.383 e. The van der Waals surface area contributed by atoms with Gasteiger partial charge < -0.3 is 121 Å². The molecule has 57 heteroatoms. The molecule has 0 radical (unpaired) electrons. The van der Waals surface area contributed by atoms with Crippen molar-refractivity contribution < 1.29 is 62.3 Å². The minimum absolute atomic E-state index is 0.0189. The molecule has 0 saturated carbocycles. The summed E-state index contributed by atoms with van der Waals surface area (Å²) >= 11 is 0. The number of amides is 13. The number of nitrogen functional groups attached to an aromatic ring is 5. The van der Waals surface area contributed by atoms with Gasteiger partial charge in [0.2, 0.25) is 88.7 Å². The van der Waals surface area contributed by atoms with Gasteiger partial charge in [-0.3, -0.25) is 105 Å². The number of anilines is 5. The molecule has 9 heterocycles. The standard InChI is InChI=1S/C70H94N38O19/c1-39-22-105(70(127)96-63(39)122)31-51(117)99(18-10-81-47(113)27-101(53(119)33-107-37-87-56-61(107)92-66(77)94-64(56)123)20-11-79-43(109)23-97(16-8-72)49(115)29-103-14-5-41(73)90-68(103)125)25-45(111)82-12-19-100(52(118)32-106-36-86-55-58(75)84-35-85-60(55)106)26-46(112)80-9-17-98(50(116)30-104-15-6-42(74)91-69(104)126)24-44(110)83-13-21-102(28-48(114)89-40(59(76)121)4-2-3-7-71)54(120)34-108-38-88-57-62(108)93-67(78)95-65(57)124/h5-6,14-15,22,35-38,40H,2-4,7-13,16-21,23-34,71-72H2,1H3,(H2,76,121)(H,79,109)(H,80,112)(H,81,113)(H,82,111)(H,83,110)(H,89,114)(H2,73,90,125)(H2,74,91,126)(H2,75,84,85)(H,96,122,127)(H3,77,92,94,123)(H3,78,93,95,124)/t40-/m0/s1. The molecule has 0 bridgehead atoms. The van der Waals surface area contributed by atoms with E-state index in [1.54, 1.807) is 0 Å². The summed E-state index contributed by atoms with van der Waals surface area (Å²) in [6.45, 7) is -11.1. The maximum atomic E-state index is 14.4. The van der Waals surface area contributed by atoms with Gasteiger partial charge >= 0.3 is 17.1 Å². The van der Waals surface area contributed by atoms with Gasteiger partial charge in [-0.05, 0) is 44.9 Å². The van der Waals surface area contributed by atoms with Crippen molar-refractivity contribution in [2.24, 2.45) is 17.2 Å². The first-order valence-corrected chi connectivity index (χ1v) is 38.8. The quantitative estimate of drug-likeness (QED) is 0.0158. The lowest BCUT2D eigenvalue weighted by atomic mass is 10.1. The molecule has 57 nitrogen and oxygen atoms in total. The van der Waals surface area contributed by atoms with E-state index in [1.807, 2.05) is 0 Å². The van der Waals surface area contributed by atoms with E-state index in [0.29, 0.717) is 12.8 Å². The van der Waals surface area contributed by atoms with Crippen LogP contribution in [0.25, 0.3) is 33.5 Å². The van der Waals surface area contributed by atoms with Crippen molar-refractivity contribution in [1.29, 1.82) is 0 Å². The second kappa shape index (κ2) is 44.5. The third kappa shape index (κ3) is 27.1. The Morgan fingerprint density at radius 1 is 0.402 bits per heavy atom. The van der Waals surface area contributed by atoms with E-state index in [2.05, 4.69) is 91.7 Å². The third-order valence-corrected chi connectivity index (χ3v) is 18.9. The number of carbonyl (C=O) groups excluding carboxylic acids is 13. The van der Waals surface area contributed by atoms with Crippen molar-refractivity contribution in [1.82, 2.24) is 149 Å². The number of nitrogens with one attached hydrogen (secondary N) is 9. The number of hydrogen-bond acceptors (Lipinski definition) is 35. The smallest absolute Gasteiger partial charge is 0.349 e. The number of fused-ring (bicyclic) bond motifs is 3. The van der Waals surface area contributed by atoms with Gasteiger partial charge in [0.15, 0.2) is 33.8 Å². The van der Waals surface area contributed by atoms with Crippen LogP contribution < -0.4 is 112 Å². The molecule has 0 unspecified atom stereocenters. The number of rotatable bonds is 47. The van der Waals surface area contributed by atoms with Crippen LogP contribution in [-0.4, -0.2) is 324 Å². The van der Waals surface area contributed by atoms with Gasteiger partial charge in [-0.1, -0.05) is 0 Å². The van der Waals surface area contributed by atoms with Crippen LogP contribution in [-0.2, 0) is 102 Å². The molecule has 9 aromatic rings. The van der Waals surface area contributed by atoms with Crippen LogP contribution in [0, 0.1) is 6.92 Å². The molecule has 1 atom stereocenters. The number of primary amides is 1. The number of imidazole rings is 3. The fraction of sp³-hybridized carbons (Fsp3) is 0.429. The van der Waals surface area contributed by atoms with Crippen molar-refractivity contribution in [2.75, 3.05) is 153 Å². The van der Waals surface area contributed by atoms with Crippen molar-refractivity contribution in [3.8, 4) is 0 Å². The van der Waals surface area contributed by atoms with Gasteiger partial charge in [0.1, 0.15) is 68.8 Å². The molecule has 9 rings (SSSR count). The number of aryl methyl sites for hydroxylation is 1. The van der Waals surface area contributed by atoms with Gasteiger partial charge in [0.05, 0.1) is 58.3 Å². The van der Waals surface area contributed by atoms with E-state index >= 15 is 0 Å². The number of hydrogen-bond donors (Lipinski definition) is 17. The van der Waals surface area contributed by atoms with Crippen LogP contribution in [0.3, 0.4) is 0 Å². The van der Waals surface area contributed by atoms with Crippen LogP contribution in [0.1, 0.15) is 24.8 Å². The predicted molar refractivity (Wildman–Crippen MR) is 444 cm³/mol. The number of nitrogens with two attached hydrogens (primary N) is 8. The van der Waals surface area contributed by atoms with Crippen molar-refractivity contribution in [3.63, 3.8) is 0 Å². The lowest BCUT2D eigenvalue weighted by Crippen LogP contribution is -2.51. The molecule has 0 aliphatic heterocycles. The number of H-pyrrole nitrogens is 3. The highest BCUT2D eigenvalue weighted by atomic mass is 16.2. The van der Waals surface area contributed by atoms with E-state index in [9.17, 15) is 91.1 Å². The topological polar surface area (TPSA) is 817 Å². The lowest BCUT2D eigenvalue weighted by Gasteiger charge is -2.26. The molecule has 0 aliphatic rings. The van der Waals surface area contributed by atoms with Crippen LogP contribution >= 0.6 is 0 Å². The van der Waals surface area contributed by atoms with Gasteiger partial charge in [0, 0.05) is 103 Å².